The van der Waals surface area contributed by atoms with Gasteiger partial charge in [-0.1, -0.05) is 35.5 Å². The fourth-order valence-electron chi connectivity index (χ4n) is 6.30. The summed E-state index contributed by atoms with van der Waals surface area (Å²) in [5, 5.41) is 20.2. The molecule has 1 N–H and O–H groups in total. The van der Waals surface area contributed by atoms with Gasteiger partial charge in [-0.2, -0.15) is 0 Å². The van der Waals surface area contributed by atoms with Crippen molar-refractivity contribution in [1.29, 1.82) is 0 Å². The predicted molar refractivity (Wildman–Crippen MR) is 166 cm³/mol. The molecule has 6 heterocycles. The Morgan fingerprint density at radius 2 is 1.83 bits per heavy atom. The molecule has 1 atom stereocenters. The van der Waals surface area contributed by atoms with Crippen LogP contribution in [0.5, 0.6) is 0 Å². The van der Waals surface area contributed by atoms with Crippen LogP contribution in [0.3, 0.4) is 0 Å². The summed E-state index contributed by atoms with van der Waals surface area (Å²) in [6.45, 7) is 7.12. The first-order chi connectivity index (χ1) is 20.3. The number of rotatable bonds is 6. The second-order valence-corrected chi connectivity index (χ2v) is 12.8. The highest BCUT2D eigenvalue weighted by Gasteiger charge is 2.31. The largest absolute Gasteiger partial charge is 0.385 e. The second kappa shape index (κ2) is 10.4. The minimum Gasteiger partial charge on any atom is -0.385 e. The Morgan fingerprint density at radius 3 is 2.52 bits per heavy atom. The first-order valence-electron chi connectivity index (χ1n) is 14.4. The molecule has 8 nitrogen and oxygen atoms in total. The van der Waals surface area contributed by atoms with Crippen LogP contribution in [-0.2, 0) is 17.4 Å². The molecule has 0 radical (unpaired) electrons. The van der Waals surface area contributed by atoms with Gasteiger partial charge < -0.3 is 14.4 Å². The monoisotopic (exact) mass is 578 g/mol. The smallest absolute Gasteiger partial charge is 0.143 e. The number of pyridine rings is 2. The van der Waals surface area contributed by atoms with Gasteiger partial charge in [0.1, 0.15) is 5.65 Å². The van der Waals surface area contributed by atoms with Crippen molar-refractivity contribution in [1.82, 2.24) is 29.5 Å². The van der Waals surface area contributed by atoms with E-state index in [1.807, 2.05) is 44.8 Å². The molecule has 214 valence electrons. The van der Waals surface area contributed by atoms with Gasteiger partial charge in [0.25, 0.3) is 0 Å². The fraction of sp³-hybridized carbons (Fsp3) is 0.333. The predicted octanol–water partition coefficient (Wildman–Crippen LogP) is 6.66. The molecule has 1 aliphatic rings. The van der Waals surface area contributed by atoms with Crippen molar-refractivity contribution in [2.24, 2.45) is 13.0 Å². The Kier molecular flexibility index (Phi) is 6.68. The highest BCUT2D eigenvalue weighted by molar-refractivity contribution is 7.15. The molecule has 42 heavy (non-hydrogen) atoms. The zero-order valence-electron chi connectivity index (χ0n) is 24.3. The molecule has 6 aromatic rings. The van der Waals surface area contributed by atoms with Crippen molar-refractivity contribution in [2.45, 2.75) is 45.3 Å². The minimum atomic E-state index is -0.900. The first kappa shape index (κ1) is 26.9. The molecule has 5 aromatic heterocycles. The van der Waals surface area contributed by atoms with Crippen LogP contribution in [0.25, 0.3) is 43.9 Å². The van der Waals surface area contributed by atoms with E-state index < -0.39 is 5.60 Å². The van der Waals surface area contributed by atoms with Gasteiger partial charge in [0.15, 0.2) is 0 Å². The number of hydrogen-bond acceptors (Lipinski definition) is 7. The Bertz CT molecular complexity index is 1870. The lowest BCUT2D eigenvalue weighted by molar-refractivity contribution is 0.0552. The van der Waals surface area contributed by atoms with Crippen LogP contribution in [0.15, 0.2) is 66.9 Å². The van der Waals surface area contributed by atoms with Gasteiger partial charge >= 0.3 is 0 Å². The van der Waals surface area contributed by atoms with Crippen LogP contribution in [0.2, 0.25) is 0 Å². The van der Waals surface area contributed by atoms with E-state index in [0.717, 1.165) is 80.5 Å². The Balaban J connectivity index is 1.51. The molecule has 7 rings (SSSR count). The first-order valence-corrected chi connectivity index (χ1v) is 15.2. The Labute approximate surface area is 248 Å². The van der Waals surface area contributed by atoms with Crippen LogP contribution < -0.4 is 0 Å². The maximum atomic E-state index is 10.6. The van der Waals surface area contributed by atoms with Crippen molar-refractivity contribution in [3.63, 3.8) is 0 Å². The maximum absolute atomic E-state index is 10.6. The molecule has 0 bridgehead atoms. The SMILES string of the molecule is Cc1nnn(C)c1-c1cnc2c3ccc(-c4ccc(C(C)(C)O)s4)nc3n([C@H](c3ccccc3)C3CCOCC3)c2c1. The van der Waals surface area contributed by atoms with E-state index in [1.54, 1.807) is 11.3 Å². The van der Waals surface area contributed by atoms with E-state index in [1.165, 1.54) is 5.56 Å². The summed E-state index contributed by atoms with van der Waals surface area (Å²) in [5.74, 6) is 0.373. The fourth-order valence-corrected chi connectivity index (χ4v) is 7.28. The molecule has 0 saturated carbocycles. The Hall–Kier alpha value is -3.92. The average molecular weight is 579 g/mol. The number of hydrogen-bond donors (Lipinski definition) is 1. The molecule has 9 heteroatoms. The molecule has 1 aliphatic heterocycles. The highest BCUT2D eigenvalue weighted by atomic mass is 32.1. The van der Waals surface area contributed by atoms with E-state index in [0.29, 0.717) is 5.92 Å². The number of benzene rings is 1. The standard InChI is InChI=1S/C33H34N6O2S/c1-20-30(38(4)37-36-20)23-18-26-29(34-19-23)24-10-11-25(27-12-13-28(42-27)33(2,3)40)35-32(24)39(26)31(21-8-6-5-7-9-21)22-14-16-41-17-15-22/h5-13,18-19,22,31,40H,14-17H2,1-4H3/t31-/m1/s1. The summed E-state index contributed by atoms with van der Waals surface area (Å²) in [4.78, 5) is 12.3. The van der Waals surface area contributed by atoms with Gasteiger partial charge in [-0.25, -0.2) is 9.67 Å². The third-order valence-electron chi connectivity index (χ3n) is 8.35. The quantitative estimate of drug-likeness (QED) is 0.238. The summed E-state index contributed by atoms with van der Waals surface area (Å²) in [6.07, 6.45) is 3.86. The van der Waals surface area contributed by atoms with Crippen molar-refractivity contribution in [2.75, 3.05) is 13.2 Å². The third kappa shape index (κ3) is 4.62. The molecule has 1 aromatic carbocycles. The van der Waals surface area contributed by atoms with Gasteiger partial charge in [-0.3, -0.25) is 4.98 Å². The lowest BCUT2D eigenvalue weighted by Crippen LogP contribution is -2.27. The number of fused-ring (bicyclic) bond motifs is 3. The normalized spacial score (nSPS) is 15.5. The van der Waals surface area contributed by atoms with Crippen LogP contribution in [0.4, 0.5) is 0 Å². The van der Waals surface area contributed by atoms with E-state index >= 15 is 0 Å². The molecule has 1 fully saturated rings. The number of aromatic nitrogens is 6. The molecule has 0 amide bonds. The lowest BCUT2D eigenvalue weighted by atomic mass is 9.86. The highest BCUT2D eigenvalue weighted by Crippen LogP contribution is 2.42. The van der Waals surface area contributed by atoms with Gasteiger partial charge in [-0.15, -0.1) is 16.4 Å². The molecule has 0 aliphatic carbocycles. The number of aliphatic hydroxyl groups is 1. The maximum Gasteiger partial charge on any atom is 0.143 e. The minimum absolute atomic E-state index is 0.0518. The second-order valence-electron chi connectivity index (χ2n) is 11.7. The number of ether oxygens (including phenoxy) is 1. The summed E-state index contributed by atoms with van der Waals surface area (Å²) >= 11 is 1.58. The number of nitrogens with zero attached hydrogens (tertiary/aromatic N) is 6. The number of aryl methyl sites for hydroxylation is 2. The summed E-state index contributed by atoms with van der Waals surface area (Å²) < 4.78 is 10.0. The molecule has 0 spiro atoms. The van der Waals surface area contributed by atoms with Crippen molar-refractivity contribution in [3.05, 3.63) is 83.0 Å². The molecular weight excluding hydrogens is 544 g/mol. The molecule has 0 unspecified atom stereocenters. The van der Waals surface area contributed by atoms with Crippen molar-refractivity contribution >= 4 is 33.4 Å². The molecular formula is C33H34N6O2S. The van der Waals surface area contributed by atoms with Gasteiger partial charge in [0.2, 0.25) is 0 Å². The van der Waals surface area contributed by atoms with Crippen molar-refractivity contribution < 1.29 is 9.84 Å². The number of thiophene rings is 1. The third-order valence-corrected chi connectivity index (χ3v) is 9.77. The summed E-state index contributed by atoms with van der Waals surface area (Å²) in [7, 11) is 1.92. The molecule has 1 saturated heterocycles. The van der Waals surface area contributed by atoms with E-state index in [4.69, 9.17) is 14.7 Å². The summed E-state index contributed by atoms with van der Waals surface area (Å²) in [5.41, 5.74) is 6.91. The topological polar surface area (TPSA) is 90.9 Å². The van der Waals surface area contributed by atoms with Gasteiger partial charge in [0.05, 0.1) is 44.6 Å². The summed E-state index contributed by atoms with van der Waals surface area (Å²) in [6, 6.07) is 21.3. The zero-order chi connectivity index (χ0) is 29.0. The van der Waals surface area contributed by atoms with Crippen LogP contribution in [-0.4, -0.2) is 47.8 Å². The van der Waals surface area contributed by atoms with Crippen LogP contribution in [0.1, 0.15) is 48.9 Å². The van der Waals surface area contributed by atoms with Gasteiger partial charge in [-0.05, 0) is 75.4 Å². The Morgan fingerprint density at radius 1 is 1.05 bits per heavy atom. The van der Waals surface area contributed by atoms with Crippen LogP contribution >= 0.6 is 11.3 Å². The van der Waals surface area contributed by atoms with E-state index in [9.17, 15) is 5.11 Å². The zero-order valence-corrected chi connectivity index (χ0v) is 25.1. The average Bonchev–Trinajstić information content (AvgIpc) is 3.70. The van der Waals surface area contributed by atoms with E-state index in [2.05, 4.69) is 69.5 Å². The van der Waals surface area contributed by atoms with E-state index in [-0.39, 0.29) is 6.04 Å². The lowest BCUT2D eigenvalue weighted by Gasteiger charge is -2.32. The van der Waals surface area contributed by atoms with Gasteiger partial charge in [0, 0.05) is 42.3 Å². The van der Waals surface area contributed by atoms with Crippen molar-refractivity contribution in [3.8, 4) is 21.8 Å². The van der Waals surface area contributed by atoms with Crippen LogP contribution in [0, 0.1) is 12.8 Å².